The van der Waals surface area contributed by atoms with Crippen LogP contribution in [0.5, 0.6) is 5.75 Å². The number of aromatic nitrogens is 2. The van der Waals surface area contributed by atoms with Crippen LogP contribution in [0.2, 0.25) is 0 Å². The van der Waals surface area contributed by atoms with Gasteiger partial charge in [-0.05, 0) is 24.3 Å². The van der Waals surface area contributed by atoms with E-state index in [0.717, 1.165) is 11.3 Å². The topological polar surface area (TPSA) is 68.1 Å². The summed E-state index contributed by atoms with van der Waals surface area (Å²) < 4.78 is 9.82. The van der Waals surface area contributed by atoms with Crippen molar-refractivity contribution in [3.8, 4) is 17.2 Å². The van der Waals surface area contributed by atoms with E-state index in [2.05, 4.69) is 10.1 Å². The van der Waals surface area contributed by atoms with Crippen LogP contribution in [0.25, 0.3) is 11.5 Å². The fraction of sp³-hybridized carbons (Fsp3) is 0.111. The van der Waals surface area contributed by atoms with Crippen LogP contribution < -0.4 is 10.4 Å². The van der Waals surface area contributed by atoms with E-state index in [1.54, 1.807) is 31.4 Å². The third kappa shape index (κ3) is 1.52. The van der Waals surface area contributed by atoms with E-state index < -0.39 is 5.69 Å². The predicted octanol–water partition coefficient (Wildman–Crippen LogP) is 1.04. The Morgan fingerprint density at radius 2 is 2.07 bits per heavy atom. The molecule has 5 nitrogen and oxygen atoms in total. The van der Waals surface area contributed by atoms with Crippen LogP contribution in [0.1, 0.15) is 0 Å². The molecule has 72 valence electrons. The van der Waals surface area contributed by atoms with Crippen LogP contribution in [0.15, 0.2) is 33.6 Å². The zero-order valence-corrected chi connectivity index (χ0v) is 7.48. The summed E-state index contributed by atoms with van der Waals surface area (Å²) in [5.74, 6) is 1.02. The van der Waals surface area contributed by atoms with Crippen molar-refractivity contribution in [2.75, 3.05) is 7.11 Å². The molecule has 0 atom stereocenters. The molecule has 0 saturated heterocycles. The van der Waals surface area contributed by atoms with E-state index in [1.807, 2.05) is 0 Å². The Hall–Kier alpha value is -2.04. The molecule has 1 aromatic carbocycles. The Morgan fingerprint density at radius 1 is 1.36 bits per heavy atom. The van der Waals surface area contributed by atoms with E-state index in [4.69, 9.17) is 9.26 Å². The van der Waals surface area contributed by atoms with Gasteiger partial charge < -0.3 is 9.26 Å². The Bertz CT molecular complexity index is 469. The predicted molar refractivity (Wildman–Crippen MR) is 49.1 cm³/mol. The van der Waals surface area contributed by atoms with E-state index >= 15 is 0 Å². The number of hydrogen-bond donors (Lipinski definition) is 1. The normalized spacial score (nSPS) is 10.1. The fourth-order valence-electron chi connectivity index (χ4n) is 1.09. The monoisotopic (exact) mass is 192 g/mol. The van der Waals surface area contributed by atoms with Crippen LogP contribution in [0.4, 0.5) is 0 Å². The van der Waals surface area contributed by atoms with E-state index in [-0.39, 0.29) is 5.89 Å². The molecule has 0 spiro atoms. The van der Waals surface area contributed by atoms with Gasteiger partial charge in [0.2, 0.25) is 0 Å². The Morgan fingerprint density at radius 3 is 2.57 bits per heavy atom. The van der Waals surface area contributed by atoms with Gasteiger partial charge in [0.25, 0.3) is 5.89 Å². The smallest absolute Gasteiger partial charge is 0.377 e. The lowest BCUT2D eigenvalue weighted by molar-refractivity contribution is 0.414. The van der Waals surface area contributed by atoms with Crippen molar-refractivity contribution >= 4 is 0 Å². The average Bonchev–Trinajstić information content (AvgIpc) is 2.65. The molecule has 1 heterocycles. The van der Waals surface area contributed by atoms with E-state index in [9.17, 15) is 4.79 Å². The van der Waals surface area contributed by atoms with Gasteiger partial charge in [-0.1, -0.05) is 0 Å². The lowest BCUT2D eigenvalue weighted by atomic mass is 10.2. The molecule has 1 aromatic heterocycles. The van der Waals surface area contributed by atoms with Crippen molar-refractivity contribution in [3.63, 3.8) is 0 Å². The number of nitrogens with zero attached hydrogens (tertiary/aromatic N) is 1. The van der Waals surface area contributed by atoms with E-state index in [0.29, 0.717) is 0 Å². The van der Waals surface area contributed by atoms with Gasteiger partial charge in [0.1, 0.15) is 5.75 Å². The first kappa shape index (κ1) is 8.55. The van der Waals surface area contributed by atoms with Crippen LogP contribution in [-0.2, 0) is 0 Å². The van der Waals surface area contributed by atoms with E-state index in [1.165, 1.54) is 0 Å². The van der Waals surface area contributed by atoms with Crippen molar-refractivity contribution in [3.05, 3.63) is 34.7 Å². The molecule has 0 aliphatic rings. The number of methoxy groups -OCH3 is 1. The summed E-state index contributed by atoms with van der Waals surface area (Å²) in [6.07, 6.45) is 0. The van der Waals surface area contributed by atoms with Gasteiger partial charge in [-0.15, -0.1) is 0 Å². The molecule has 1 N–H and O–H groups in total. The van der Waals surface area contributed by atoms with Crippen molar-refractivity contribution in [1.29, 1.82) is 0 Å². The molecular formula is C9H8N2O3. The SMILES string of the molecule is COc1ccc(-c2nc(=O)[nH]o2)cc1. The first-order valence-electron chi connectivity index (χ1n) is 3.99. The average molecular weight is 192 g/mol. The maximum Gasteiger partial charge on any atom is 0.377 e. The largest absolute Gasteiger partial charge is 0.497 e. The molecule has 5 heteroatoms. The minimum Gasteiger partial charge on any atom is -0.497 e. The fourth-order valence-corrected chi connectivity index (χ4v) is 1.09. The second-order valence-electron chi connectivity index (χ2n) is 2.65. The van der Waals surface area contributed by atoms with Gasteiger partial charge in [0, 0.05) is 5.56 Å². The third-order valence-corrected chi connectivity index (χ3v) is 1.78. The molecule has 0 saturated carbocycles. The zero-order chi connectivity index (χ0) is 9.97. The lowest BCUT2D eigenvalue weighted by Gasteiger charge is -1.98. The summed E-state index contributed by atoms with van der Waals surface area (Å²) in [4.78, 5) is 14.3. The summed E-state index contributed by atoms with van der Waals surface area (Å²) in [7, 11) is 1.59. The molecule has 0 bridgehead atoms. The Balaban J connectivity index is 2.38. The standard InChI is InChI=1S/C9H8N2O3/c1-13-7-4-2-6(3-5-7)8-10-9(12)11-14-8/h2-5H,1H3,(H,11,12). The molecule has 0 fully saturated rings. The van der Waals surface area contributed by atoms with Crippen molar-refractivity contribution < 1.29 is 9.26 Å². The van der Waals surface area contributed by atoms with Gasteiger partial charge in [-0.25, -0.2) is 4.79 Å². The molecule has 2 rings (SSSR count). The van der Waals surface area contributed by atoms with Gasteiger partial charge in [0.05, 0.1) is 7.11 Å². The molecule has 0 aliphatic heterocycles. The molecule has 0 aliphatic carbocycles. The molecule has 0 unspecified atom stereocenters. The minimum absolute atomic E-state index is 0.276. The summed E-state index contributed by atoms with van der Waals surface area (Å²) in [5.41, 5.74) is 0.236. The number of nitrogens with one attached hydrogen (secondary N) is 1. The van der Waals surface area contributed by atoms with Crippen molar-refractivity contribution in [2.24, 2.45) is 0 Å². The van der Waals surface area contributed by atoms with Gasteiger partial charge in [-0.3, -0.25) is 0 Å². The number of rotatable bonds is 2. The zero-order valence-electron chi connectivity index (χ0n) is 7.48. The second kappa shape index (κ2) is 3.37. The van der Waals surface area contributed by atoms with Crippen molar-refractivity contribution in [1.82, 2.24) is 10.1 Å². The minimum atomic E-state index is -0.490. The number of aromatic amines is 1. The van der Waals surface area contributed by atoms with Crippen LogP contribution >= 0.6 is 0 Å². The third-order valence-electron chi connectivity index (χ3n) is 1.78. The second-order valence-corrected chi connectivity index (χ2v) is 2.65. The maximum absolute atomic E-state index is 10.7. The number of ether oxygens (including phenoxy) is 1. The molecule has 0 radical (unpaired) electrons. The van der Waals surface area contributed by atoms with Crippen LogP contribution in [0.3, 0.4) is 0 Å². The molecule has 2 aromatic rings. The lowest BCUT2D eigenvalue weighted by Crippen LogP contribution is -1.99. The molecule has 14 heavy (non-hydrogen) atoms. The van der Waals surface area contributed by atoms with Gasteiger partial charge in [0.15, 0.2) is 0 Å². The molecular weight excluding hydrogens is 184 g/mol. The number of hydrogen-bond acceptors (Lipinski definition) is 4. The van der Waals surface area contributed by atoms with Crippen LogP contribution in [0, 0.1) is 0 Å². The Labute approximate surface area is 79.3 Å². The first-order chi connectivity index (χ1) is 6.79. The summed E-state index contributed by atoms with van der Waals surface area (Å²) in [5, 5.41) is 2.12. The quantitative estimate of drug-likeness (QED) is 0.771. The Kier molecular flexibility index (Phi) is 2.06. The number of benzene rings is 1. The summed E-state index contributed by atoms with van der Waals surface area (Å²) >= 11 is 0. The number of H-pyrrole nitrogens is 1. The highest BCUT2D eigenvalue weighted by molar-refractivity contribution is 5.53. The van der Waals surface area contributed by atoms with Crippen LogP contribution in [-0.4, -0.2) is 17.3 Å². The maximum atomic E-state index is 10.7. The van der Waals surface area contributed by atoms with Crippen molar-refractivity contribution in [2.45, 2.75) is 0 Å². The van der Waals surface area contributed by atoms with Gasteiger partial charge in [-0.2, -0.15) is 10.1 Å². The highest BCUT2D eigenvalue weighted by Gasteiger charge is 2.04. The summed E-state index contributed by atoms with van der Waals surface area (Å²) in [6.45, 7) is 0. The highest BCUT2D eigenvalue weighted by atomic mass is 16.5. The van der Waals surface area contributed by atoms with Gasteiger partial charge >= 0.3 is 5.69 Å². The highest BCUT2D eigenvalue weighted by Crippen LogP contribution is 2.18. The first-order valence-corrected chi connectivity index (χ1v) is 3.99. The summed E-state index contributed by atoms with van der Waals surface area (Å²) in [6, 6.07) is 7.06. The molecule has 0 amide bonds.